The van der Waals surface area contributed by atoms with Crippen molar-refractivity contribution < 1.29 is 38.2 Å². The number of hydrogen-bond donors (Lipinski definition) is 3. The molecule has 13 nitrogen and oxygen atoms in total. The van der Waals surface area contributed by atoms with Gasteiger partial charge in [-0.25, -0.2) is 9.59 Å². The van der Waals surface area contributed by atoms with Crippen molar-refractivity contribution in [2.24, 2.45) is 5.92 Å². The average Bonchev–Trinajstić information content (AvgIpc) is 3.36. The van der Waals surface area contributed by atoms with E-state index in [1.165, 1.54) is 11.8 Å². The van der Waals surface area contributed by atoms with Crippen molar-refractivity contribution in [3.05, 3.63) is 23.3 Å². The van der Waals surface area contributed by atoms with E-state index in [4.69, 9.17) is 14.2 Å². The summed E-state index contributed by atoms with van der Waals surface area (Å²) in [7, 11) is 3.70. The number of likely N-dealkylation sites (tertiary alicyclic amines) is 1. The summed E-state index contributed by atoms with van der Waals surface area (Å²) in [5, 5.41) is 8.14. The first-order valence-corrected chi connectivity index (χ1v) is 17.0. The number of Topliss-reactive ketones (excluding diaryl/α,β-unsaturated/α-hetero) is 1. The normalized spacial score (nSPS) is 23.8. The maximum atomic E-state index is 13.2. The maximum absolute atomic E-state index is 13.2. The van der Waals surface area contributed by atoms with Crippen LogP contribution < -0.4 is 25.4 Å². The fourth-order valence-corrected chi connectivity index (χ4v) is 7.42. The van der Waals surface area contributed by atoms with Crippen molar-refractivity contribution in [1.29, 1.82) is 0 Å². The summed E-state index contributed by atoms with van der Waals surface area (Å²) < 4.78 is 17.5. The Hall–Kier alpha value is -3.87. The van der Waals surface area contributed by atoms with E-state index in [1.807, 2.05) is 13.0 Å². The third kappa shape index (κ3) is 8.22. The lowest BCUT2D eigenvalue weighted by atomic mass is 9.55. The molecule has 0 aromatic heterocycles. The summed E-state index contributed by atoms with van der Waals surface area (Å²) in [4.78, 5) is 66.6. The Kier molecular flexibility index (Phi) is 11.6. The van der Waals surface area contributed by atoms with E-state index in [0.29, 0.717) is 38.0 Å². The molecule has 4 rings (SSSR count). The monoisotopic (exact) mass is 671 g/mol. The molecule has 4 amide bonds. The molecule has 1 saturated carbocycles. The summed E-state index contributed by atoms with van der Waals surface area (Å²) in [5.41, 5.74) is 0.968. The minimum Gasteiger partial charge on any atom is -0.477 e. The topological polar surface area (TPSA) is 156 Å². The van der Waals surface area contributed by atoms with Gasteiger partial charge in [0, 0.05) is 57.0 Å². The minimum absolute atomic E-state index is 0.0961. The SMILES string of the molecule is CC(=O)N[C@@H](CCCCNC(=O)OC(C)(C)C)C(=O)NCCN(C)C(=O)Oc1ccc(C)c2c1O[C@@H]1C(=O)CCC3[C@H](C)N(C)CC[C@]231. The number of fused-ring (bicyclic) bond motifs is 1. The van der Waals surface area contributed by atoms with Gasteiger partial charge in [-0.1, -0.05) is 6.07 Å². The highest BCUT2D eigenvalue weighted by molar-refractivity contribution is 5.89. The predicted molar refractivity (Wildman–Crippen MR) is 179 cm³/mol. The van der Waals surface area contributed by atoms with Gasteiger partial charge in [0.05, 0.1) is 0 Å². The molecular formula is C35H53N5O8. The summed E-state index contributed by atoms with van der Waals surface area (Å²) in [6.45, 7) is 12.4. The number of hydrogen-bond acceptors (Lipinski definition) is 9. The van der Waals surface area contributed by atoms with Gasteiger partial charge in [-0.2, -0.15) is 0 Å². The van der Waals surface area contributed by atoms with Gasteiger partial charge in [-0.15, -0.1) is 0 Å². The standard InChI is InChI=1S/C35H53N5O8/c1-21-12-15-27(29-28(21)35-16-19-39(7)22(2)24(35)13-14-26(42)30(35)47-29)46-33(45)40(8)20-18-36-31(43)25(38-23(3)41)11-9-10-17-37-32(44)48-34(4,5)6/h12,15,22,24-25,30H,9-11,13-14,16-20H2,1-8H3,(H,36,43)(H,37,44)(H,38,41)/t22-,24?,25-,30+,35+/m0/s1. The molecule has 48 heavy (non-hydrogen) atoms. The molecule has 2 heterocycles. The molecule has 5 atom stereocenters. The van der Waals surface area contributed by atoms with E-state index in [1.54, 1.807) is 33.9 Å². The lowest BCUT2D eigenvalue weighted by Gasteiger charge is -2.53. The van der Waals surface area contributed by atoms with Crippen LogP contribution in [0.15, 0.2) is 12.1 Å². The Balaban J connectivity index is 1.32. The van der Waals surface area contributed by atoms with Crippen LogP contribution in [0.1, 0.15) is 84.3 Å². The van der Waals surface area contributed by atoms with E-state index >= 15 is 0 Å². The molecule has 1 unspecified atom stereocenters. The first-order chi connectivity index (χ1) is 22.5. The van der Waals surface area contributed by atoms with Crippen LogP contribution in [0, 0.1) is 12.8 Å². The van der Waals surface area contributed by atoms with Gasteiger partial charge in [0.2, 0.25) is 11.8 Å². The number of benzene rings is 1. The van der Waals surface area contributed by atoms with Gasteiger partial charge in [0.15, 0.2) is 23.4 Å². The van der Waals surface area contributed by atoms with Crippen molar-refractivity contribution >= 4 is 29.8 Å². The second-order valence-corrected chi connectivity index (χ2v) is 14.5. The zero-order valence-corrected chi connectivity index (χ0v) is 29.7. The van der Waals surface area contributed by atoms with Crippen molar-refractivity contribution in [3.63, 3.8) is 0 Å². The van der Waals surface area contributed by atoms with Crippen LogP contribution in [0.5, 0.6) is 11.5 Å². The molecule has 1 aromatic rings. The number of alkyl carbamates (subject to hydrolysis) is 1. The summed E-state index contributed by atoms with van der Waals surface area (Å²) >= 11 is 0. The molecule has 0 bridgehead atoms. The highest BCUT2D eigenvalue weighted by atomic mass is 16.6. The Labute approximate surface area is 283 Å². The summed E-state index contributed by atoms with van der Waals surface area (Å²) in [6.07, 6.45) is 1.89. The van der Waals surface area contributed by atoms with Gasteiger partial charge in [-0.05, 0) is 97.9 Å². The van der Waals surface area contributed by atoms with Crippen molar-refractivity contribution in [3.8, 4) is 11.5 Å². The third-order valence-electron chi connectivity index (χ3n) is 9.85. The highest BCUT2D eigenvalue weighted by Crippen LogP contribution is 2.60. The van der Waals surface area contributed by atoms with Crippen LogP contribution in [-0.2, 0) is 24.5 Å². The third-order valence-corrected chi connectivity index (χ3v) is 9.85. The van der Waals surface area contributed by atoms with Gasteiger partial charge in [0.25, 0.3) is 0 Å². The molecule has 2 aliphatic heterocycles. The number of carbonyl (C=O) groups is 5. The van der Waals surface area contributed by atoms with E-state index in [0.717, 1.165) is 30.5 Å². The van der Waals surface area contributed by atoms with Crippen LogP contribution in [0.25, 0.3) is 0 Å². The lowest BCUT2D eigenvalue weighted by molar-refractivity contribution is -0.137. The minimum atomic E-state index is -0.759. The molecule has 1 aliphatic carbocycles. The quantitative estimate of drug-likeness (QED) is 0.300. The van der Waals surface area contributed by atoms with Crippen molar-refractivity contribution in [2.45, 2.75) is 109 Å². The first-order valence-electron chi connectivity index (χ1n) is 17.0. The molecular weight excluding hydrogens is 618 g/mol. The molecule has 1 saturated heterocycles. The van der Waals surface area contributed by atoms with Crippen LogP contribution in [0.4, 0.5) is 9.59 Å². The van der Waals surface area contributed by atoms with E-state index in [2.05, 4.69) is 34.8 Å². The molecule has 3 N–H and O–H groups in total. The number of likely N-dealkylation sites (N-methyl/N-ethyl adjacent to an activating group) is 1. The fourth-order valence-electron chi connectivity index (χ4n) is 7.42. The van der Waals surface area contributed by atoms with Gasteiger partial charge < -0.3 is 40.0 Å². The van der Waals surface area contributed by atoms with Crippen LogP contribution in [0.3, 0.4) is 0 Å². The van der Waals surface area contributed by atoms with Crippen molar-refractivity contribution in [2.75, 3.05) is 40.3 Å². The Bertz CT molecular complexity index is 1390. The molecule has 13 heteroatoms. The van der Waals surface area contributed by atoms with E-state index in [-0.39, 0.29) is 48.4 Å². The summed E-state index contributed by atoms with van der Waals surface area (Å²) in [6, 6.07) is 3.17. The number of carbonyl (C=O) groups excluding carboxylic acids is 5. The number of ketones is 1. The number of aryl methyl sites for hydroxylation is 1. The van der Waals surface area contributed by atoms with E-state index < -0.39 is 35.3 Å². The van der Waals surface area contributed by atoms with Gasteiger partial charge in [-0.3, -0.25) is 14.4 Å². The zero-order chi connectivity index (χ0) is 35.4. The number of rotatable bonds is 11. The van der Waals surface area contributed by atoms with Gasteiger partial charge >= 0.3 is 12.2 Å². The predicted octanol–water partition coefficient (Wildman–Crippen LogP) is 3.44. The molecule has 2 fully saturated rings. The molecule has 266 valence electrons. The Morgan fingerprint density at radius 3 is 2.56 bits per heavy atom. The number of nitrogens with zero attached hydrogens (tertiary/aromatic N) is 2. The molecule has 3 aliphatic rings. The Morgan fingerprint density at radius 2 is 1.88 bits per heavy atom. The average molecular weight is 672 g/mol. The largest absolute Gasteiger partial charge is 0.477 e. The fraction of sp³-hybridized carbons (Fsp3) is 0.686. The maximum Gasteiger partial charge on any atom is 0.415 e. The molecule has 0 radical (unpaired) electrons. The first kappa shape index (κ1) is 37.0. The summed E-state index contributed by atoms with van der Waals surface area (Å²) in [5.74, 6) is 0.393. The van der Waals surface area contributed by atoms with Gasteiger partial charge in [0.1, 0.15) is 11.6 Å². The number of nitrogens with one attached hydrogen (secondary N) is 3. The highest BCUT2D eigenvalue weighted by Gasteiger charge is 2.62. The second-order valence-electron chi connectivity index (χ2n) is 14.5. The number of piperidine rings is 1. The van der Waals surface area contributed by atoms with Crippen LogP contribution in [0.2, 0.25) is 0 Å². The Morgan fingerprint density at radius 1 is 1.15 bits per heavy atom. The van der Waals surface area contributed by atoms with Crippen molar-refractivity contribution in [1.82, 2.24) is 25.8 Å². The second kappa shape index (κ2) is 15.1. The lowest BCUT2D eigenvalue weighted by Crippen LogP contribution is -2.62. The number of ether oxygens (including phenoxy) is 3. The molecule has 1 aromatic carbocycles. The van der Waals surface area contributed by atoms with Crippen LogP contribution in [-0.4, -0.2) is 104 Å². The van der Waals surface area contributed by atoms with E-state index in [9.17, 15) is 24.0 Å². The smallest absolute Gasteiger partial charge is 0.415 e. The number of amides is 4. The zero-order valence-electron chi connectivity index (χ0n) is 29.7. The van der Waals surface area contributed by atoms with Crippen LogP contribution >= 0.6 is 0 Å². The number of unbranched alkanes of at least 4 members (excludes halogenated alkanes) is 1. The molecule has 1 spiro atoms.